The molecular formula is C22H20F2N2O4. The summed E-state index contributed by atoms with van der Waals surface area (Å²) in [6.45, 7) is 8.01. The first-order chi connectivity index (χ1) is 14.1. The number of halogens is 2. The van der Waals surface area contributed by atoms with Gasteiger partial charge in [-0.25, -0.2) is 13.6 Å². The van der Waals surface area contributed by atoms with Gasteiger partial charge in [0.25, 0.3) is 0 Å². The van der Waals surface area contributed by atoms with Crippen LogP contribution in [0.15, 0.2) is 37.6 Å². The Bertz CT molecular complexity index is 1220. The highest BCUT2D eigenvalue weighted by Gasteiger charge is 2.40. The monoisotopic (exact) mass is 414 g/mol. The minimum atomic E-state index is -1.34. The van der Waals surface area contributed by atoms with Crippen LogP contribution in [0.25, 0.3) is 11.0 Å². The van der Waals surface area contributed by atoms with E-state index in [0.29, 0.717) is 11.4 Å². The summed E-state index contributed by atoms with van der Waals surface area (Å²) in [7, 11) is 0. The molecule has 1 aromatic carbocycles. The third-order valence-electron chi connectivity index (χ3n) is 4.91. The van der Waals surface area contributed by atoms with Gasteiger partial charge >= 0.3 is 5.97 Å². The number of allylic oxidation sites excluding steroid dienone is 1. The van der Waals surface area contributed by atoms with Crippen LogP contribution in [0.3, 0.4) is 0 Å². The number of ether oxygens (including phenoxy) is 1. The van der Waals surface area contributed by atoms with Gasteiger partial charge in [-0.3, -0.25) is 9.79 Å². The standard InChI is InChI=1S/C22H20F2N2O4/c1-9(2)29-22(28)17-12(5)26-11(4)14(8-25)18(17)13-7-15(23)20(24)19-16(27)6-10(3)30-21(13)19/h6-7,9,14,18H,1-5H3. The van der Waals surface area contributed by atoms with Crippen molar-refractivity contribution in [3.8, 4) is 6.07 Å². The van der Waals surface area contributed by atoms with Crippen molar-refractivity contribution < 1.29 is 22.7 Å². The minimum absolute atomic E-state index is 0.0144. The first kappa shape index (κ1) is 21.4. The van der Waals surface area contributed by atoms with Crippen LogP contribution >= 0.6 is 0 Å². The molecular weight excluding hydrogens is 394 g/mol. The van der Waals surface area contributed by atoms with Crippen molar-refractivity contribution in [3.05, 3.63) is 56.6 Å². The lowest BCUT2D eigenvalue weighted by Gasteiger charge is -2.29. The Balaban J connectivity index is 2.41. The van der Waals surface area contributed by atoms with E-state index in [1.54, 1.807) is 27.7 Å². The van der Waals surface area contributed by atoms with E-state index in [9.17, 15) is 23.6 Å². The summed E-state index contributed by atoms with van der Waals surface area (Å²) in [5.41, 5.74) is -0.218. The maximum absolute atomic E-state index is 14.5. The molecule has 156 valence electrons. The lowest BCUT2D eigenvalue weighted by molar-refractivity contribution is -0.143. The van der Waals surface area contributed by atoms with Crippen molar-refractivity contribution in [1.29, 1.82) is 5.26 Å². The van der Waals surface area contributed by atoms with Crippen molar-refractivity contribution >= 4 is 22.7 Å². The number of rotatable bonds is 3. The predicted octanol–water partition coefficient (Wildman–Crippen LogP) is 4.30. The lowest BCUT2D eigenvalue weighted by atomic mass is 9.76. The van der Waals surface area contributed by atoms with E-state index in [1.807, 2.05) is 0 Å². The van der Waals surface area contributed by atoms with E-state index >= 15 is 0 Å². The molecule has 0 radical (unpaired) electrons. The van der Waals surface area contributed by atoms with Gasteiger partial charge in [-0.1, -0.05) is 0 Å². The molecule has 1 aliphatic rings. The van der Waals surface area contributed by atoms with Crippen molar-refractivity contribution in [1.82, 2.24) is 0 Å². The van der Waals surface area contributed by atoms with Gasteiger partial charge in [0.1, 0.15) is 16.7 Å². The normalized spacial score (nSPS) is 19.1. The molecule has 2 aromatic rings. The van der Waals surface area contributed by atoms with Crippen LogP contribution < -0.4 is 5.43 Å². The summed E-state index contributed by atoms with van der Waals surface area (Å²) in [5, 5.41) is 9.23. The lowest BCUT2D eigenvalue weighted by Crippen LogP contribution is -2.30. The number of carbonyl (C=O) groups is 1. The second-order valence-corrected chi connectivity index (χ2v) is 7.48. The summed E-state index contributed by atoms with van der Waals surface area (Å²) in [5.74, 6) is -5.19. The first-order valence-electron chi connectivity index (χ1n) is 9.35. The summed E-state index contributed by atoms with van der Waals surface area (Å²) < 4.78 is 39.9. The summed E-state index contributed by atoms with van der Waals surface area (Å²) in [4.78, 5) is 29.6. The third kappa shape index (κ3) is 3.52. The number of aryl methyl sites for hydroxylation is 1. The number of aliphatic imine (C=N–C) groups is 1. The fourth-order valence-electron chi connectivity index (χ4n) is 3.72. The largest absolute Gasteiger partial charge is 0.461 e. The number of esters is 1. The quantitative estimate of drug-likeness (QED) is 0.698. The molecule has 0 spiro atoms. The topological polar surface area (TPSA) is 92.7 Å². The second-order valence-electron chi connectivity index (χ2n) is 7.48. The van der Waals surface area contributed by atoms with Crippen LogP contribution in [0.5, 0.6) is 0 Å². The molecule has 1 aliphatic heterocycles. The van der Waals surface area contributed by atoms with Crippen LogP contribution in [0.1, 0.15) is 44.9 Å². The fraction of sp³-hybridized carbons (Fsp3) is 0.364. The van der Waals surface area contributed by atoms with Crippen LogP contribution in [-0.2, 0) is 9.53 Å². The number of fused-ring (bicyclic) bond motifs is 1. The number of hydrogen-bond acceptors (Lipinski definition) is 6. The number of nitriles is 1. The Labute approximate surface area is 171 Å². The highest BCUT2D eigenvalue weighted by Crippen LogP contribution is 2.42. The highest BCUT2D eigenvalue weighted by molar-refractivity contribution is 5.99. The Morgan fingerprint density at radius 2 is 1.93 bits per heavy atom. The van der Waals surface area contributed by atoms with Gasteiger partial charge in [0.05, 0.1) is 23.7 Å². The smallest absolute Gasteiger partial charge is 0.336 e. The maximum atomic E-state index is 14.5. The number of hydrogen-bond donors (Lipinski definition) is 0. The van der Waals surface area contributed by atoms with Crippen LogP contribution in [-0.4, -0.2) is 17.8 Å². The highest BCUT2D eigenvalue weighted by atomic mass is 19.2. The molecule has 0 saturated carbocycles. The van der Waals surface area contributed by atoms with E-state index in [2.05, 4.69) is 11.1 Å². The average molecular weight is 414 g/mol. The summed E-state index contributed by atoms with van der Waals surface area (Å²) >= 11 is 0. The number of nitrogens with zero attached hydrogens (tertiary/aromatic N) is 2. The van der Waals surface area contributed by atoms with Gasteiger partial charge in [0.2, 0.25) is 0 Å². The molecule has 2 unspecified atom stereocenters. The van der Waals surface area contributed by atoms with Crippen molar-refractivity contribution in [2.24, 2.45) is 10.9 Å². The molecule has 2 heterocycles. The number of benzene rings is 1. The van der Waals surface area contributed by atoms with Crippen LogP contribution in [0.4, 0.5) is 8.78 Å². The zero-order valence-corrected chi connectivity index (χ0v) is 17.2. The molecule has 0 N–H and O–H groups in total. The molecule has 30 heavy (non-hydrogen) atoms. The predicted molar refractivity (Wildman–Crippen MR) is 106 cm³/mol. The Morgan fingerprint density at radius 3 is 2.53 bits per heavy atom. The summed E-state index contributed by atoms with van der Waals surface area (Å²) in [6.07, 6.45) is -0.451. The van der Waals surface area contributed by atoms with Gasteiger partial charge < -0.3 is 9.15 Å². The maximum Gasteiger partial charge on any atom is 0.336 e. The number of carbonyl (C=O) groups excluding carboxylic acids is 1. The zero-order valence-electron chi connectivity index (χ0n) is 17.2. The SMILES string of the molecule is CC1=NC(C)=C(C(=O)OC(C)C)C(c2cc(F)c(F)c3c(=O)cc(C)oc23)C1C#N. The third-order valence-corrected chi connectivity index (χ3v) is 4.91. The van der Waals surface area contributed by atoms with Crippen LogP contribution in [0.2, 0.25) is 0 Å². The zero-order chi connectivity index (χ0) is 22.3. The van der Waals surface area contributed by atoms with Crippen molar-refractivity contribution in [3.63, 3.8) is 0 Å². The van der Waals surface area contributed by atoms with Gasteiger partial charge in [-0.05, 0) is 40.7 Å². The fourth-order valence-corrected chi connectivity index (χ4v) is 3.72. The Kier molecular flexibility index (Phi) is 5.57. The van der Waals surface area contributed by atoms with Gasteiger partial charge in [-0.15, -0.1) is 0 Å². The van der Waals surface area contributed by atoms with E-state index < -0.39 is 46.4 Å². The van der Waals surface area contributed by atoms with Gasteiger partial charge in [0, 0.05) is 29.0 Å². The molecule has 1 aromatic heterocycles. The minimum Gasteiger partial charge on any atom is -0.461 e. The van der Waals surface area contributed by atoms with Crippen molar-refractivity contribution in [2.45, 2.75) is 46.6 Å². The molecule has 6 nitrogen and oxygen atoms in total. The van der Waals surface area contributed by atoms with E-state index in [1.165, 1.54) is 6.92 Å². The average Bonchev–Trinajstić information content (AvgIpc) is 2.62. The molecule has 3 rings (SSSR count). The van der Waals surface area contributed by atoms with Crippen molar-refractivity contribution in [2.75, 3.05) is 0 Å². The first-order valence-corrected chi connectivity index (χ1v) is 9.35. The molecule has 8 heteroatoms. The second kappa shape index (κ2) is 7.82. The molecule has 0 bridgehead atoms. The van der Waals surface area contributed by atoms with Crippen LogP contribution in [0, 0.1) is 35.8 Å². The van der Waals surface area contributed by atoms with E-state index in [-0.39, 0.29) is 22.5 Å². The molecule has 0 amide bonds. The Morgan fingerprint density at radius 1 is 1.27 bits per heavy atom. The summed E-state index contributed by atoms with van der Waals surface area (Å²) in [6, 6.07) is 4.00. The van der Waals surface area contributed by atoms with Gasteiger partial charge in [0.15, 0.2) is 17.1 Å². The Hall–Kier alpha value is -3.34. The molecule has 0 saturated heterocycles. The van der Waals surface area contributed by atoms with E-state index in [0.717, 1.165) is 12.1 Å². The van der Waals surface area contributed by atoms with E-state index in [4.69, 9.17) is 9.15 Å². The molecule has 2 atom stereocenters. The molecule has 0 fully saturated rings. The molecule has 0 aliphatic carbocycles. The van der Waals surface area contributed by atoms with Gasteiger partial charge in [-0.2, -0.15) is 5.26 Å².